The van der Waals surface area contributed by atoms with Gasteiger partial charge < -0.3 is 0 Å². The van der Waals surface area contributed by atoms with Crippen molar-refractivity contribution in [1.82, 2.24) is 4.98 Å². The van der Waals surface area contributed by atoms with Crippen molar-refractivity contribution in [3.8, 4) is 22.4 Å². The van der Waals surface area contributed by atoms with Gasteiger partial charge in [0.25, 0.3) is 0 Å². The zero-order valence-electron chi connectivity index (χ0n) is 14.0. The van der Waals surface area contributed by atoms with E-state index in [9.17, 15) is 0 Å². The van der Waals surface area contributed by atoms with Crippen molar-refractivity contribution in [3.05, 3.63) is 83.8 Å². The summed E-state index contributed by atoms with van der Waals surface area (Å²) in [7, 11) is 0. The molecule has 0 spiro atoms. The maximum atomic E-state index is 7.05. The summed E-state index contributed by atoms with van der Waals surface area (Å²) in [6, 6.07) is 20.4. The third-order valence-corrected chi connectivity index (χ3v) is 3.96. The van der Waals surface area contributed by atoms with Gasteiger partial charge in [-0.3, -0.25) is 4.98 Å². The Hall–Kier alpha value is -2.92. The molecule has 0 N–H and O–H groups in total. The van der Waals surface area contributed by atoms with E-state index in [-0.39, 0.29) is 0 Å². The lowest BCUT2D eigenvalue weighted by Crippen LogP contribution is -1.95. The molecule has 0 saturated heterocycles. The second-order valence-electron chi connectivity index (χ2n) is 6.39. The van der Waals surface area contributed by atoms with Crippen molar-refractivity contribution in [3.63, 3.8) is 0 Å². The van der Waals surface area contributed by atoms with Crippen LogP contribution in [0.4, 0.5) is 5.69 Å². The lowest BCUT2D eigenvalue weighted by Gasteiger charge is -2.09. The molecule has 0 radical (unpaired) electrons. The van der Waals surface area contributed by atoms with Crippen LogP contribution in [0.2, 0.25) is 0 Å². The van der Waals surface area contributed by atoms with Crippen LogP contribution in [0, 0.1) is 12.5 Å². The number of rotatable bonds is 4. The first-order valence-corrected chi connectivity index (χ1v) is 8.19. The molecule has 0 bridgehead atoms. The van der Waals surface area contributed by atoms with Gasteiger partial charge in [-0.1, -0.05) is 56.3 Å². The molecule has 3 rings (SSSR count). The highest BCUT2D eigenvalue weighted by molar-refractivity contribution is 5.72. The third kappa shape index (κ3) is 3.70. The van der Waals surface area contributed by atoms with E-state index in [2.05, 4.69) is 60.1 Å². The highest BCUT2D eigenvalue weighted by Gasteiger charge is 2.05. The van der Waals surface area contributed by atoms with Crippen LogP contribution in [0.25, 0.3) is 27.2 Å². The Balaban J connectivity index is 1.94. The van der Waals surface area contributed by atoms with Crippen molar-refractivity contribution in [1.29, 1.82) is 0 Å². The largest absolute Gasteiger partial charge is 0.256 e. The smallest absolute Gasteiger partial charge is 0.187 e. The Morgan fingerprint density at radius 2 is 1.67 bits per heavy atom. The van der Waals surface area contributed by atoms with Crippen LogP contribution in [-0.2, 0) is 6.42 Å². The number of hydrogen-bond acceptors (Lipinski definition) is 1. The van der Waals surface area contributed by atoms with Crippen molar-refractivity contribution in [2.24, 2.45) is 5.92 Å². The summed E-state index contributed by atoms with van der Waals surface area (Å²) in [6.07, 6.45) is 2.96. The maximum absolute atomic E-state index is 7.05. The normalized spacial score (nSPS) is 10.6. The molecule has 2 aromatic carbocycles. The van der Waals surface area contributed by atoms with E-state index in [0.717, 1.165) is 28.8 Å². The Labute approximate surface area is 143 Å². The maximum Gasteiger partial charge on any atom is 0.187 e. The highest BCUT2D eigenvalue weighted by atomic mass is 14.7. The second-order valence-corrected chi connectivity index (χ2v) is 6.39. The zero-order valence-corrected chi connectivity index (χ0v) is 14.0. The summed E-state index contributed by atoms with van der Waals surface area (Å²) in [5.41, 5.74) is 6.36. The predicted octanol–water partition coefficient (Wildman–Crippen LogP) is 6.16. The van der Waals surface area contributed by atoms with Gasteiger partial charge in [0.2, 0.25) is 0 Å². The third-order valence-electron chi connectivity index (χ3n) is 3.96. The average molecular weight is 312 g/mol. The summed E-state index contributed by atoms with van der Waals surface area (Å²) >= 11 is 0. The number of nitrogens with zero attached hydrogens (tertiary/aromatic N) is 2. The molecular formula is C22H20N2. The van der Waals surface area contributed by atoms with Crippen LogP contribution in [0.5, 0.6) is 0 Å². The minimum absolute atomic E-state index is 0.632. The van der Waals surface area contributed by atoms with E-state index in [1.165, 1.54) is 5.56 Å². The number of pyridine rings is 1. The van der Waals surface area contributed by atoms with Crippen molar-refractivity contribution in [2.45, 2.75) is 20.3 Å². The molecular weight excluding hydrogens is 292 g/mol. The quantitative estimate of drug-likeness (QED) is 0.527. The second kappa shape index (κ2) is 7.10. The SMILES string of the molecule is [C-]#[N+]c1ccc(-c2cccc(-c3cc(CC(C)C)ccn3)c2)cc1. The lowest BCUT2D eigenvalue weighted by molar-refractivity contribution is 0.647. The zero-order chi connectivity index (χ0) is 16.9. The summed E-state index contributed by atoms with van der Waals surface area (Å²) in [4.78, 5) is 7.98. The Morgan fingerprint density at radius 3 is 2.38 bits per heavy atom. The molecule has 0 saturated carbocycles. The fourth-order valence-electron chi connectivity index (χ4n) is 2.82. The molecule has 1 heterocycles. The Kier molecular flexibility index (Phi) is 4.72. The summed E-state index contributed by atoms with van der Waals surface area (Å²) in [5.74, 6) is 0.632. The van der Waals surface area contributed by atoms with Gasteiger partial charge in [0.15, 0.2) is 5.69 Å². The molecule has 2 heteroatoms. The molecule has 1 aromatic heterocycles. The van der Waals surface area contributed by atoms with Crippen LogP contribution >= 0.6 is 0 Å². The van der Waals surface area contributed by atoms with Crippen molar-refractivity contribution in [2.75, 3.05) is 0 Å². The van der Waals surface area contributed by atoms with Gasteiger partial charge in [-0.15, -0.1) is 0 Å². The highest BCUT2D eigenvalue weighted by Crippen LogP contribution is 2.27. The van der Waals surface area contributed by atoms with Crippen LogP contribution in [0.3, 0.4) is 0 Å². The molecule has 0 fully saturated rings. The molecule has 0 aliphatic carbocycles. The molecule has 0 atom stereocenters. The Morgan fingerprint density at radius 1 is 0.917 bits per heavy atom. The number of aromatic nitrogens is 1. The van der Waals surface area contributed by atoms with Gasteiger partial charge in [0, 0.05) is 11.8 Å². The van der Waals surface area contributed by atoms with Crippen LogP contribution in [0.1, 0.15) is 19.4 Å². The van der Waals surface area contributed by atoms with Crippen molar-refractivity contribution < 1.29 is 0 Å². The van der Waals surface area contributed by atoms with Gasteiger partial charge in [0.1, 0.15) is 0 Å². The molecule has 0 unspecified atom stereocenters. The van der Waals surface area contributed by atoms with Crippen LogP contribution < -0.4 is 0 Å². The van der Waals surface area contributed by atoms with E-state index in [1.807, 2.05) is 30.5 Å². The van der Waals surface area contributed by atoms with Crippen molar-refractivity contribution >= 4 is 5.69 Å². The van der Waals surface area contributed by atoms with Gasteiger partial charge in [-0.05, 0) is 47.2 Å². The van der Waals surface area contributed by atoms with Gasteiger partial charge in [0.05, 0.1) is 12.3 Å². The minimum atomic E-state index is 0.632. The van der Waals surface area contributed by atoms with E-state index < -0.39 is 0 Å². The predicted molar refractivity (Wildman–Crippen MR) is 99.9 cm³/mol. The first-order chi connectivity index (χ1) is 11.7. The van der Waals surface area contributed by atoms with Gasteiger partial charge in [-0.2, -0.15) is 0 Å². The first-order valence-electron chi connectivity index (χ1n) is 8.19. The first kappa shape index (κ1) is 16.0. The van der Waals surface area contributed by atoms with E-state index in [1.54, 1.807) is 0 Å². The summed E-state index contributed by atoms with van der Waals surface area (Å²) < 4.78 is 0. The number of benzene rings is 2. The Bertz CT molecular complexity index is 871. The van der Waals surface area contributed by atoms with Crippen LogP contribution in [-0.4, -0.2) is 4.98 Å². The lowest BCUT2D eigenvalue weighted by atomic mass is 9.99. The fraction of sp³-hybridized carbons (Fsp3) is 0.182. The fourth-order valence-corrected chi connectivity index (χ4v) is 2.82. The summed E-state index contributed by atoms with van der Waals surface area (Å²) in [5, 5.41) is 0. The molecule has 2 nitrogen and oxygen atoms in total. The minimum Gasteiger partial charge on any atom is -0.256 e. The van der Waals surface area contributed by atoms with E-state index in [0.29, 0.717) is 11.6 Å². The van der Waals surface area contributed by atoms with Crippen LogP contribution in [0.15, 0.2) is 66.9 Å². The molecule has 0 amide bonds. The van der Waals surface area contributed by atoms with E-state index >= 15 is 0 Å². The molecule has 0 aliphatic rings. The standard InChI is InChI=1S/C22H20N2/c1-16(2)13-17-11-12-24-22(14-17)20-6-4-5-19(15-20)18-7-9-21(23-3)10-8-18/h4-12,14-16H,13H2,1-2H3. The monoisotopic (exact) mass is 312 g/mol. The molecule has 24 heavy (non-hydrogen) atoms. The van der Waals surface area contributed by atoms with Gasteiger partial charge >= 0.3 is 0 Å². The summed E-state index contributed by atoms with van der Waals surface area (Å²) in [6.45, 7) is 11.5. The topological polar surface area (TPSA) is 17.2 Å². The number of hydrogen-bond donors (Lipinski definition) is 0. The van der Waals surface area contributed by atoms with Gasteiger partial charge in [-0.25, -0.2) is 4.85 Å². The van der Waals surface area contributed by atoms with E-state index in [4.69, 9.17) is 6.57 Å². The molecule has 118 valence electrons. The molecule has 3 aromatic rings. The average Bonchev–Trinajstić information content (AvgIpc) is 2.62. The molecule has 0 aliphatic heterocycles.